The second kappa shape index (κ2) is 8.44. The first-order valence-corrected chi connectivity index (χ1v) is 12.3. The fraction of sp³-hybridized carbons (Fsp3) is 0. The normalized spacial score (nSPS) is 11.3. The number of aromatic nitrogens is 1. The summed E-state index contributed by atoms with van der Waals surface area (Å²) in [5.74, 6) is 0. The fourth-order valence-electron chi connectivity index (χ4n) is 5.36. The van der Waals surface area contributed by atoms with Gasteiger partial charge in [0.25, 0.3) is 0 Å². The van der Waals surface area contributed by atoms with Gasteiger partial charge in [-0.1, -0.05) is 84.9 Å². The van der Waals surface area contributed by atoms with Crippen LogP contribution in [-0.2, 0) is 0 Å². The molecule has 170 valence electrons. The van der Waals surface area contributed by atoms with E-state index in [1.54, 1.807) is 0 Å². The molecule has 36 heavy (non-hydrogen) atoms. The van der Waals surface area contributed by atoms with E-state index in [4.69, 9.17) is 0 Å². The smallest absolute Gasteiger partial charge is 0.0547 e. The predicted molar refractivity (Wildman–Crippen MR) is 153 cm³/mol. The van der Waals surface area contributed by atoms with E-state index in [9.17, 15) is 0 Å². The predicted octanol–water partition coefficient (Wildman–Crippen LogP) is 9.41. The van der Waals surface area contributed by atoms with Gasteiger partial charge in [0.2, 0.25) is 0 Å². The minimum Gasteiger partial charge on any atom is -0.310 e. The number of fused-ring (bicyclic) bond motifs is 4. The lowest BCUT2D eigenvalue weighted by Crippen LogP contribution is -2.10. The molecule has 0 saturated heterocycles. The van der Waals surface area contributed by atoms with E-state index >= 15 is 0 Å². The van der Waals surface area contributed by atoms with Crippen LogP contribution in [0.3, 0.4) is 0 Å². The van der Waals surface area contributed by atoms with E-state index in [-0.39, 0.29) is 0 Å². The van der Waals surface area contributed by atoms with Crippen LogP contribution in [0.15, 0.2) is 146 Å². The van der Waals surface area contributed by atoms with Gasteiger partial charge < -0.3 is 9.47 Å². The van der Waals surface area contributed by atoms with Crippen LogP contribution >= 0.6 is 0 Å². The number of rotatable bonds is 4. The topological polar surface area (TPSA) is 8.17 Å². The van der Waals surface area contributed by atoms with E-state index in [0.29, 0.717) is 0 Å². The van der Waals surface area contributed by atoms with Crippen molar-refractivity contribution in [1.82, 2.24) is 4.57 Å². The third kappa shape index (κ3) is 3.27. The van der Waals surface area contributed by atoms with Crippen LogP contribution in [0.25, 0.3) is 38.3 Å². The number of benzene rings is 6. The minimum atomic E-state index is 1.14. The third-order valence-electron chi connectivity index (χ3n) is 6.93. The fourth-order valence-corrected chi connectivity index (χ4v) is 5.36. The molecule has 0 aliphatic rings. The molecular formula is C34H24N2. The van der Waals surface area contributed by atoms with Crippen molar-refractivity contribution < 1.29 is 0 Å². The van der Waals surface area contributed by atoms with Crippen molar-refractivity contribution in [2.24, 2.45) is 0 Å². The largest absolute Gasteiger partial charge is 0.310 e. The van der Waals surface area contributed by atoms with Crippen molar-refractivity contribution in [2.45, 2.75) is 0 Å². The van der Waals surface area contributed by atoms with Gasteiger partial charge in [-0.05, 0) is 66.0 Å². The van der Waals surface area contributed by atoms with Crippen molar-refractivity contribution in [2.75, 3.05) is 4.90 Å². The number of hydrogen-bond donors (Lipinski definition) is 0. The lowest BCUT2D eigenvalue weighted by Gasteiger charge is -2.26. The van der Waals surface area contributed by atoms with E-state index in [1.165, 1.54) is 44.0 Å². The molecule has 0 unspecified atom stereocenters. The lowest BCUT2D eigenvalue weighted by molar-refractivity contribution is 1.18. The summed E-state index contributed by atoms with van der Waals surface area (Å²) in [6.45, 7) is 0. The molecule has 0 radical (unpaired) electrons. The molecule has 0 fully saturated rings. The Hall–Kier alpha value is -4.82. The molecule has 2 nitrogen and oxygen atoms in total. The molecule has 6 aromatic carbocycles. The summed E-state index contributed by atoms with van der Waals surface area (Å²) in [6, 6.07) is 51.9. The molecule has 0 atom stereocenters. The maximum Gasteiger partial charge on any atom is 0.0547 e. The molecule has 0 bridgehead atoms. The number of hydrogen-bond acceptors (Lipinski definition) is 1. The van der Waals surface area contributed by atoms with Crippen molar-refractivity contribution in [3.63, 3.8) is 0 Å². The highest BCUT2D eigenvalue weighted by Crippen LogP contribution is 2.41. The summed E-state index contributed by atoms with van der Waals surface area (Å²) in [4.78, 5) is 2.35. The van der Waals surface area contributed by atoms with Crippen LogP contribution in [0.5, 0.6) is 0 Å². The van der Waals surface area contributed by atoms with E-state index < -0.39 is 0 Å². The van der Waals surface area contributed by atoms with Crippen molar-refractivity contribution in [3.8, 4) is 5.69 Å². The van der Waals surface area contributed by atoms with Gasteiger partial charge in [-0.3, -0.25) is 0 Å². The Morgan fingerprint density at radius 2 is 1.03 bits per heavy atom. The molecule has 1 heterocycles. The maximum absolute atomic E-state index is 2.38. The van der Waals surface area contributed by atoms with E-state index in [0.717, 1.165) is 11.4 Å². The molecule has 7 rings (SSSR count). The highest BCUT2D eigenvalue weighted by Gasteiger charge is 2.18. The van der Waals surface area contributed by atoms with Crippen LogP contribution in [0.2, 0.25) is 0 Å². The zero-order valence-corrected chi connectivity index (χ0v) is 19.8. The van der Waals surface area contributed by atoms with Crippen molar-refractivity contribution in [1.29, 1.82) is 0 Å². The Bertz CT molecular complexity index is 1780. The SMILES string of the molecule is c1ccc(N(c2ccccc2)c2cccc3cc4c(cc23)c2ccccc2n4-c2ccccc2)cc1. The average molecular weight is 461 g/mol. The second-order valence-electron chi connectivity index (χ2n) is 9.06. The van der Waals surface area contributed by atoms with E-state index in [1.807, 2.05) is 0 Å². The second-order valence-corrected chi connectivity index (χ2v) is 9.06. The van der Waals surface area contributed by atoms with Gasteiger partial charge in [0.1, 0.15) is 0 Å². The van der Waals surface area contributed by atoms with Gasteiger partial charge in [-0.2, -0.15) is 0 Å². The Morgan fingerprint density at radius 3 is 1.72 bits per heavy atom. The zero-order valence-electron chi connectivity index (χ0n) is 19.8. The molecule has 0 aliphatic carbocycles. The molecule has 0 N–H and O–H groups in total. The first kappa shape index (κ1) is 20.5. The Kier molecular flexibility index (Phi) is 4.82. The molecule has 1 aromatic heterocycles. The Morgan fingerprint density at radius 1 is 0.417 bits per heavy atom. The highest BCUT2D eigenvalue weighted by atomic mass is 15.1. The van der Waals surface area contributed by atoms with Crippen molar-refractivity contribution >= 4 is 49.6 Å². The van der Waals surface area contributed by atoms with Crippen molar-refractivity contribution in [3.05, 3.63) is 146 Å². The molecule has 0 amide bonds. The number of para-hydroxylation sites is 4. The highest BCUT2D eigenvalue weighted by molar-refractivity contribution is 6.15. The van der Waals surface area contributed by atoms with Gasteiger partial charge in [0.15, 0.2) is 0 Å². The number of anilines is 3. The van der Waals surface area contributed by atoms with Crippen LogP contribution in [0, 0.1) is 0 Å². The molecule has 7 aromatic rings. The molecule has 2 heteroatoms. The third-order valence-corrected chi connectivity index (χ3v) is 6.93. The summed E-state index contributed by atoms with van der Waals surface area (Å²) in [6.07, 6.45) is 0. The lowest BCUT2D eigenvalue weighted by atomic mass is 10.0. The molecular weight excluding hydrogens is 436 g/mol. The van der Waals surface area contributed by atoms with Crippen LogP contribution in [0.4, 0.5) is 17.1 Å². The molecule has 0 saturated carbocycles. The summed E-state index contributed by atoms with van der Waals surface area (Å²) >= 11 is 0. The monoisotopic (exact) mass is 460 g/mol. The van der Waals surface area contributed by atoms with Crippen LogP contribution in [0.1, 0.15) is 0 Å². The Labute approximate surface area is 210 Å². The molecule has 0 aliphatic heterocycles. The van der Waals surface area contributed by atoms with Gasteiger partial charge in [0.05, 0.1) is 16.7 Å². The quantitative estimate of drug-likeness (QED) is 0.254. The summed E-state index contributed by atoms with van der Waals surface area (Å²) in [7, 11) is 0. The summed E-state index contributed by atoms with van der Waals surface area (Å²) in [5, 5.41) is 4.97. The van der Waals surface area contributed by atoms with Crippen LogP contribution < -0.4 is 4.90 Å². The maximum atomic E-state index is 2.38. The van der Waals surface area contributed by atoms with Gasteiger partial charge in [-0.25, -0.2) is 0 Å². The first-order chi connectivity index (χ1) is 17.9. The summed E-state index contributed by atoms with van der Waals surface area (Å²) < 4.78 is 2.38. The van der Waals surface area contributed by atoms with E-state index in [2.05, 4.69) is 155 Å². The van der Waals surface area contributed by atoms with Crippen LogP contribution in [-0.4, -0.2) is 4.57 Å². The minimum absolute atomic E-state index is 1.14. The molecule has 0 spiro atoms. The average Bonchev–Trinajstić information content (AvgIpc) is 3.27. The van der Waals surface area contributed by atoms with Gasteiger partial charge >= 0.3 is 0 Å². The number of nitrogens with zero attached hydrogens (tertiary/aromatic N) is 2. The standard InChI is InChI=1S/C34H24N2/c1-4-14-26(15-5-1)35(27-16-6-2-7-17-27)33-22-12-13-25-23-34-31(24-30(25)33)29-20-10-11-21-32(29)36(34)28-18-8-3-9-19-28/h1-24H. The Balaban J connectivity index is 1.56. The van der Waals surface area contributed by atoms with Gasteiger partial charge in [-0.15, -0.1) is 0 Å². The first-order valence-electron chi connectivity index (χ1n) is 12.3. The summed E-state index contributed by atoms with van der Waals surface area (Å²) in [5.41, 5.74) is 7.07. The van der Waals surface area contributed by atoms with Gasteiger partial charge in [0, 0.05) is 33.2 Å². The zero-order chi connectivity index (χ0) is 23.9.